The highest BCUT2D eigenvalue weighted by molar-refractivity contribution is 5.98. The van der Waals surface area contributed by atoms with E-state index in [9.17, 15) is 24.5 Å². The maximum absolute atomic E-state index is 13.0. The van der Waals surface area contributed by atoms with Gasteiger partial charge in [-0.1, -0.05) is 26.0 Å². The number of hydrogen-bond acceptors (Lipinski definition) is 5. The van der Waals surface area contributed by atoms with Gasteiger partial charge in [-0.25, -0.2) is 0 Å². The van der Waals surface area contributed by atoms with Gasteiger partial charge in [-0.15, -0.1) is 0 Å². The summed E-state index contributed by atoms with van der Waals surface area (Å²) in [6.07, 6.45) is 0.941. The molecule has 0 aliphatic heterocycles. The first-order chi connectivity index (χ1) is 15.0. The molecule has 0 aliphatic carbocycles. The van der Waals surface area contributed by atoms with E-state index in [-0.39, 0.29) is 0 Å². The van der Waals surface area contributed by atoms with Crippen LogP contribution in [0.25, 0.3) is 5.69 Å². The Morgan fingerprint density at radius 2 is 1.72 bits per heavy atom. The Hall–Kier alpha value is -4.01. The van der Waals surface area contributed by atoms with Crippen LogP contribution >= 0.6 is 0 Å². The molecule has 9 heteroatoms. The van der Waals surface area contributed by atoms with Crippen LogP contribution in [0.15, 0.2) is 47.4 Å². The van der Waals surface area contributed by atoms with E-state index in [1.54, 1.807) is 13.0 Å². The van der Waals surface area contributed by atoms with Crippen LogP contribution in [-0.2, 0) is 6.54 Å². The molecular formula is C23H24N4O5. The van der Waals surface area contributed by atoms with Gasteiger partial charge in [0.25, 0.3) is 17.2 Å². The predicted octanol–water partition coefficient (Wildman–Crippen LogP) is 3.27. The molecule has 0 spiro atoms. The number of hydrogen-bond donors (Lipinski definition) is 1. The van der Waals surface area contributed by atoms with Gasteiger partial charge in [0.2, 0.25) is 0 Å². The van der Waals surface area contributed by atoms with Gasteiger partial charge in [-0.05, 0) is 43.5 Å². The maximum atomic E-state index is 13.0. The number of aromatic nitrogens is 2. The number of carbonyl (C=O) groups excluding carboxylic acids is 2. The third-order valence-electron chi connectivity index (χ3n) is 5.41. The van der Waals surface area contributed by atoms with E-state index in [4.69, 9.17) is 5.73 Å². The number of pyridine rings is 1. The van der Waals surface area contributed by atoms with E-state index in [0.29, 0.717) is 17.2 Å². The van der Waals surface area contributed by atoms with Crippen molar-refractivity contribution in [2.45, 2.75) is 40.2 Å². The number of amides is 1. The van der Waals surface area contributed by atoms with Crippen molar-refractivity contribution in [2.24, 2.45) is 5.73 Å². The smallest absolute Gasteiger partial charge is 0.286 e. The number of benzene rings is 1. The number of primary amides is 1. The molecule has 0 radical (unpaired) electrons. The molecule has 2 aromatic heterocycles. The SMILES string of the molecule is Cc1cc(C(=O)Cn2cc([N+](=O)[O-])cc(C(N)=O)c2=O)c(C)n1-c1ccc(C(C)C)cc1. The molecular weight excluding hydrogens is 412 g/mol. The Labute approximate surface area is 184 Å². The van der Waals surface area contributed by atoms with Crippen molar-refractivity contribution in [2.75, 3.05) is 0 Å². The molecule has 1 aromatic carbocycles. The molecule has 2 heterocycles. The van der Waals surface area contributed by atoms with E-state index in [0.717, 1.165) is 28.2 Å². The molecule has 1 amide bonds. The van der Waals surface area contributed by atoms with Gasteiger partial charge in [0.05, 0.1) is 17.7 Å². The topological polar surface area (TPSA) is 130 Å². The van der Waals surface area contributed by atoms with Crippen LogP contribution in [0.4, 0.5) is 5.69 Å². The number of rotatable bonds is 7. The van der Waals surface area contributed by atoms with E-state index in [1.807, 2.05) is 35.8 Å². The Balaban J connectivity index is 2.00. The van der Waals surface area contributed by atoms with Crippen molar-refractivity contribution in [3.05, 3.63) is 91.1 Å². The average Bonchev–Trinajstić information content (AvgIpc) is 3.03. The first kappa shape index (κ1) is 22.7. The number of ketones is 1. The largest absolute Gasteiger partial charge is 0.365 e. The van der Waals surface area contributed by atoms with Crippen LogP contribution in [0.2, 0.25) is 0 Å². The summed E-state index contributed by atoms with van der Waals surface area (Å²) in [5.74, 6) is -1.12. The lowest BCUT2D eigenvalue weighted by atomic mass is 10.0. The summed E-state index contributed by atoms with van der Waals surface area (Å²) in [4.78, 5) is 47.5. The van der Waals surface area contributed by atoms with E-state index in [2.05, 4.69) is 13.8 Å². The summed E-state index contributed by atoms with van der Waals surface area (Å²) >= 11 is 0. The van der Waals surface area contributed by atoms with Gasteiger partial charge < -0.3 is 14.9 Å². The van der Waals surface area contributed by atoms with Gasteiger partial charge in [0, 0.05) is 28.7 Å². The summed E-state index contributed by atoms with van der Waals surface area (Å²) in [6.45, 7) is 7.42. The van der Waals surface area contributed by atoms with Gasteiger partial charge in [0.15, 0.2) is 5.78 Å². The molecule has 9 nitrogen and oxygen atoms in total. The third kappa shape index (κ3) is 4.22. The standard InChI is InChI=1S/C23H24N4O5/c1-13(2)16-5-7-17(8-6-16)26-14(3)9-19(15(26)4)21(28)12-25-11-18(27(31)32)10-20(22(24)29)23(25)30/h5-11,13H,12H2,1-4H3,(H2,24,29). The molecule has 0 saturated carbocycles. The van der Waals surface area contributed by atoms with Crippen molar-refractivity contribution in [3.8, 4) is 5.69 Å². The lowest BCUT2D eigenvalue weighted by Gasteiger charge is -2.12. The molecule has 0 bridgehead atoms. The zero-order valence-corrected chi connectivity index (χ0v) is 18.3. The highest BCUT2D eigenvalue weighted by atomic mass is 16.6. The number of nitrogens with two attached hydrogens (primary N) is 1. The molecule has 0 unspecified atom stereocenters. The van der Waals surface area contributed by atoms with E-state index < -0.39 is 40.0 Å². The summed E-state index contributed by atoms with van der Waals surface area (Å²) < 4.78 is 2.78. The molecule has 2 N–H and O–H groups in total. The van der Waals surface area contributed by atoms with Crippen molar-refractivity contribution < 1.29 is 14.5 Å². The quantitative estimate of drug-likeness (QED) is 0.345. The van der Waals surface area contributed by atoms with Crippen molar-refractivity contribution >= 4 is 17.4 Å². The molecule has 32 heavy (non-hydrogen) atoms. The number of nitrogens with zero attached hydrogens (tertiary/aromatic N) is 3. The monoisotopic (exact) mass is 436 g/mol. The first-order valence-electron chi connectivity index (χ1n) is 10.0. The average molecular weight is 436 g/mol. The number of nitro groups is 1. The lowest BCUT2D eigenvalue weighted by molar-refractivity contribution is -0.385. The summed E-state index contributed by atoms with van der Waals surface area (Å²) in [7, 11) is 0. The van der Waals surface area contributed by atoms with Crippen LogP contribution in [0.3, 0.4) is 0 Å². The Morgan fingerprint density at radius 1 is 1.09 bits per heavy atom. The Bertz CT molecular complexity index is 1280. The summed E-state index contributed by atoms with van der Waals surface area (Å²) in [6, 6.07) is 10.6. The number of aryl methyl sites for hydroxylation is 1. The first-order valence-corrected chi connectivity index (χ1v) is 10.0. The second-order valence-corrected chi connectivity index (χ2v) is 7.96. The highest BCUT2D eigenvalue weighted by Gasteiger charge is 2.21. The second-order valence-electron chi connectivity index (χ2n) is 7.96. The number of carbonyl (C=O) groups is 2. The molecule has 0 saturated heterocycles. The molecule has 3 rings (SSSR count). The van der Waals surface area contributed by atoms with Crippen LogP contribution < -0.4 is 11.3 Å². The maximum Gasteiger partial charge on any atom is 0.286 e. The van der Waals surface area contributed by atoms with Crippen molar-refractivity contribution in [1.82, 2.24) is 9.13 Å². The zero-order chi connectivity index (χ0) is 23.7. The minimum absolute atomic E-state index is 0.384. The minimum atomic E-state index is -1.09. The highest BCUT2D eigenvalue weighted by Crippen LogP contribution is 2.24. The van der Waals surface area contributed by atoms with Crippen LogP contribution in [0.5, 0.6) is 0 Å². The third-order valence-corrected chi connectivity index (χ3v) is 5.41. The minimum Gasteiger partial charge on any atom is -0.365 e. The summed E-state index contributed by atoms with van der Waals surface area (Å²) in [5, 5.41) is 11.2. The Morgan fingerprint density at radius 3 is 2.25 bits per heavy atom. The fourth-order valence-corrected chi connectivity index (χ4v) is 3.70. The van der Waals surface area contributed by atoms with Crippen LogP contribution in [0.1, 0.15) is 57.4 Å². The predicted molar refractivity (Wildman–Crippen MR) is 120 cm³/mol. The van der Waals surface area contributed by atoms with Crippen molar-refractivity contribution in [3.63, 3.8) is 0 Å². The summed E-state index contributed by atoms with van der Waals surface area (Å²) in [5.41, 5.74) is 7.26. The second kappa shape index (κ2) is 8.62. The normalized spacial score (nSPS) is 11.0. The fraction of sp³-hybridized carbons (Fsp3) is 0.261. The lowest BCUT2D eigenvalue weighted by Crippen LogP contribution is -2.31. The molecule has 0 aliphatic rings. The Kier molecular flexibility index (Phi) is 6.11. The zero-order valence-electron chi connectivity index (χ0n) is 18.3. The van der Waals surface area contributed by atoms with Crippen LogP contribution in [0, 0.1) is 24.0 Å². The fourth-order valence-electron chi connectivity index (χ4n) is 3.70. The number of Topliss-reactive ketones (excluding diaryl/α,β-unsaturated/α-hetero) is 1. The van der Waals surface area contributed by atoms with Gasteiger partial charge in [-0.2, -0.15) is 0 Å². The van der Waals surface area contributed by atoms with Gasteiger partial charge >= 0.3 is 0 Å². The van der Waals surface area contributed by atoms with Crippen molar-refractivity contribution in [1.29, 1.82) is 0 Å². The molecule has 3 aromatic rings. The molecule has 0 atom stereocenters. The van der Waals surface area contributed by atoms with Gasteiger partial charge in [-0.3, -0.25) is 24.5 Å². The molecule has 0 fully saturated rings. The van der Waals surface area contributed by atoms with Gasteiger partial charge in [0.1, 0.15) is 5.56 Å². The van der Waals surface area contributed by atoms with Crippen LogP contribution in [-0.4, -0.2) is 25.7 Å². The van der Waals surface area contributed by atoms with E-state index >= 15 is 0 Å². The molecule has 166 valence electrons. The van der Waals surface area contributed by atoms with E-state index in [1.165, 1.54) is 5.56 Å².